The number of hydrogen-bond donors (Lipinski definition) is 2. The van der Waals surface area contributed by atoms with Crippen LogP contribution in [0.1, 0.15) is 40.5 Å². The van der Waals surface area contributed by atoms with Gasteiger partial charge in [-0.2, -0.15) is 0 Å². The first-order chi connectivity index (χ1) is 8.38. The Kier molecular flexibility index (Phi) is 8.21. The highest BCUT2D eigenvalue weighted by atomic mass is 35.5. The zero-order valence-electron chi connectivity index (χ0n) is 11.8. The van der Waals surface area contributed by atoms with E-state index in [4.69, 9.17) is 17.3 Å². The molecule has 0 aromatic heterocycles. The van der Waals surface area contributed by atoms with E-state index in [-0.39, 0.29) is 11.2 Å². The summed E-state index contributed by atoms with van der Waals surface area (Å²) >= 11 is 5.55. The molecule has 0 bridgehead atoms. The van der Waals surface area contributed by atoms with Crippen LogP contribution in [0.15, 0.2) is 39.8 Å². The molecule has 3 nitrogen and oxygen atoms in total. The minimum atomic E-state index is 0.208. The molecule has 0 amide bonds. The standard InChI is InChI=1S/C14H24ClN3/c1-6-7-8-10(2)12(4)18-14(16)11(3)9-17-13(5)15/h8-9,12,18H,5-7,16H2,1-4H3/b10-8-,14-11+,17-9-/t12-/m1/s1. The summed E-state index contributed by atoms with van der Waals surface area (Å²) in [7, 11) is 0. The quantitative estimate of drug-likeness (QED) is 0.421. The second kappa shape index (κ2) is 8.81. The Morgan fingerprint density at radius 3 is 2.61 bits per heavy atom. The SMILES string of the molecule is C=C(Cl)/N=C\C(C)=C(/N)N[C@H](C)/C(C)=C\CCC. The number of hydrogen-bond acceptors (Lipinski definition) is 3. The van der Waals surface area contributed by atoms with Gasteiger partial charge in [-0.15, -0.1) is 0 Å². The van der Waals surface area contributed by atoms with Crippen LogP contribution < -0.4 is 11.1 Å². The predicted octanol–water partition coefficient (Wildman–Crippen LogP) is 3.68. The fourth-order valence-corrected chi connectivity index (χ4v) is 1.29. The fourth-order valence-electron chi connectivity index (χ4n) is 1.25. The summed E-state index contributed by atoms with van der Waals surface area (Å²) in [6.45, 7) is 11.7. The molecule has 0 aliphatic carbocycles. The molecule has 0 radical (unpaired) electrons. The van der Waals surface area contributed by atoms with Crippen molar-refractivity contribution in [2.45, 2.75) is 46.6 Å². The molecular weight excluding hydrogens is 246 g/mol. The molecule has 0 heterocycles. The normalized spacial score (nSPS) is 15.5. The summed E-state index contributed by atoms with van der Waals surface area (Å²) in [5.74, 6) is 0.605. The van der Waals surface area contributed by atoms with Crippen molar-refractivity contribution in [3.05, 3.63) is 34.8 Å². The summed E-state index contributed by atoms with van der Waals surface area (Å²) < 4.78 is 0. The molecule has 0 unspecified atom stereocenters. The number of nitrogens with one attached hydrogen (secondary N) is 1. The predicted molar refractivity (Wildman–Crippen MR) is 81.6 cm³/mol. The number of allylic oxidation sites excluding steroid dienone is 2. The maximum Gasteiger partial charge on any atom is 0.121 e. The van der Waals surface area contributed by atoms with Crippen LogP contribution >= 0.6 is 11.6 Å². The van der Waals surface area contributed by atoms with Crippen molar-refractivity contribution >= 4 is 17.8 Å². The highest BCUT2D eigenvalue weighted by molar-refractivity contribution is 6.29. The lowest BCUT2D eigenvalue weighted by Gasteiger charge is -2.17. The van der Waals surface area contributed by atoms with Gasteiger partial charge in [0.05, 0.1) is 0 Å². The minimum Gasteiger partial charge on any atom is -0.385 e. The molecule has 3 N–H and O–H groups in total. The molecule has 0 spiro atoms. The zero-order chi connectivity index (χ0) is 14.1. The molecule has 0 aliphatic heterocycles. The van der Waals surface area contributed by atoms with E-state index < -0.39 is 0 Å². The van der Waals surface area contributed by atoms with Crippen LogP contribution in [-0.2, 0) is 0 Å². The average Bonchev–Trinajstić information content (AvgIpc) is 2.32. The first-order valence-corrected chi connectivity index (χ1v) is 6.54. The zero-order valence-corrected chi connectivity index (χ0v) is 12.5. The molecule has 0 aromatic carbocycles. The second-order valence-electron chi connectivity index (χ2n) is 4.33. The van der Waals surface area contributed by atoms with Gasteiger partial charge < -0.3 is 11.1 Å². The summed E-state index contributed by atoms with van der Waals surface area (Å²) in [6, 6.07) is 0.208. The van der Waals surface area contributed by atoms with E-state index in [1.165, 1.54) is 5.57 Å². The number of unbranched alkanes of at least 4 members (excludes halogenated alkanes) is 1. The Balaban J connectivity index is 4.58. The third kappa shape index (κ3) is 7.17. The number of nitrogens with two attached hydrogens (primary N) is 1. The van der Waals surface area contributed by atoms with Gasteiger partial charge in [0.2, 0.25) is 0 Å². The highest BCUT2D eigenvalue weighted by Gasteiger charge is 2.05. The number of aliphatic imine (C=N–C) groups is 1. The molecule has 0 fully saturated rings. The molecule has 0 aliphatic rings. The van der Waals surface area contributed by atoms with Crippen LogP contribution in [0.2, 0.25) is 0 Å². The Labute approximate surface area is 116 Å². The lowest BCUT2D eigenvalue weighted by molar-refractivity contribution is 0.677. The number of halogens is 1. The van der Waals surface area contributed by atoms with Crippen molar-refractivity contribution in [3.8, 4) is 0 Å². The highest BCUT2D eigenvalue weighted by Crippen LogP contribution is 2.06. The second-order valence-corrected chi connectivity index (χ2v) is 4.77. The van der Waals surface area contributed by atoms with E-state index >= 15 is 0 Å². The topological polar surface area (TPSA) is 50.4 Å². The van der Waals surface area contributed by atoms with Gasteiger partial charge in [0.15, 0.2) is 0 Å². The Bertz CT molecular complexity index is 367. The molecular formula is C14H24ClN3. The molecule has 0 saturated carbocycles. The first-order valence-electron chi connectivity index (χ1n) is 6.16. The van der Waals surface area contributed by atoms with Crippen LogP contribution in [0.3, 0.4) is 0 Å². The van der Waals surface area contributed by atoms with E-state index in [0.717, 1.165) is 18.4 Å². The van der Waals surface area contributed by atoms with Gasteiger partial charge in [0.1, 0.15) is 11.0 Å². The summed E-state index contributed by atoms with van der Waals surface area (Å²) in [4.78, 5) is 3.90. The molecule has 102 valence electrons. The summed E-state index contributed by atoms with van der Waals surface area (Å²) in [5.41, 5.74) is 8.07. The van der Waals surface area contributed by atoms with Crippen molar-refractivity contribution in [1.82, 2.24) is 5.32 Å². The average molecular weight is 270 g/mol. The van der Waals surface area contributed by atoms with Crippen LogP contribution in [0.4, 0.5) is 0 Å². The van der Waals surface area contributed by atoms with E-state index in [9.17, 15) is 0 Å². The van der Waals surface area contributed by atoms with Gasteiger partial charge in [-0.3, -0.25) is 0 Å². The molecule has 4 heteroatoms. The van der Waals surface area contributed by atoms with Gasteiger partial charge in [-0.05, 0) is 27.2 Å². The van der Waals surface area contributed by atoms with Crippen molar-refractivity contribution in [3.63, 3.8) is 0 Å². The number of nitrogens with zero attached hydrogens (tertiary/aromatic N) is 1. The Morgan fingerprint density at radius 2 is 2.11 bits per heavy atom. The maximum atomic E-state index is 5.95. The van der Waals surface area contributed by atoms with Crippen LogP contribution in [0.25, 0.3) is 0 Å². The van der Waals surface area contributed by atoms with Gasteiger partial charge in [-0.25, -0.2) is 4.99 Å². The van der Waals surface area contributed by atoms with E-state index in [0.29, 0.717) is 5.82 Å². The van der Waals surface area contributed by atoms with Gasteiger partial charge in [0.25, 0.3) is 0 Å². The molecule has 0 rings (SSSR count). The monoisotopic (exact) mass is 269 g/mol. The van der Waals surface area contributed by atoms with E-state index in [2.05, 4.69) is 43.7 Å². The molecule has 18 heavy (non-hydrogen) atoms. The van der Waals surface area contributed by atoms with E-state index in [1.54, 1.807) is 6.21 Å². The summed E-state index contributed by atoms with van der Waals surface area (Å²) in [6.07, 6.45) is 6.08. The van der Waals surface area contributed by atoms with Crippen LogP contribution in [-0.4, -0.2) is 12.3 Å². The third-order valence-corrected chi connectivity index (χ3v) is 2.73. The largest absolute Gasteiger partial charge is 0.385 e. The first kappa shape index (κ1) is 16.8. The molecule has 1 atom stereocenters. The van der Waals surface area contributed by atoms with Gasteiger partial charge in [-0.1, -0.05) is 43.2 Å². The van der Waals surface area contributed by atoms with E-state index in [1.807, 2.05) is 6.92 Å². The lowest BCUT2D eigenvalue weighted by Crippen LogP contribution is -2.31. The van der Waals surface area contributed by atoms with Crippen molar-refractivity contribution < 1.29 is 0 Å². The Morgan fingerprint density at radius 1 is 1.50 bits per heavy atom. The Hall–Kier alpha value is -1.22. The number of rotatable bonds is 7. The summed E-state index contributed by atoms with van der Waals surface area (Å²) in [5, 5.41) is 3.48. The minimum absolute atomic E-state index is 0.208. The van der Waals surface area contributed by atoms with Crippen molar-refractivity contribution in [2.24, 2.45) is 10.7 Å². The van der Waals surface area contributed by atoms with Gasteiger partial charge in [0, 0.05) is 17.8 Å². The van der Waals surface area contributed by atoms with Crippen molar-refractivity contribution in [1.29, 1.82) is 0 Å². The maximum absolute atomic E-state index is 5.95. The fraction of sp³-hybridized carbons (Fsp3) is 0.500. The smallest absolute Gasteiger partial charge is 0.121 e. The molecule has 0 saturated heterocycles. The van der Waals surface area contributed by atoms with Crippen molar-refractivity contribution in [2.75, 3.05) is 0 Å². The molecule has 0 aromatic rings. The van der Waals surface area contributed by atoms with Gasteiger partial charge >= 0.3 is 0 Å². The lowest BCUT2D eigenvalue weighted by atomic mass is 10.1. The van der Waals surface area contributed by atoms with Crippen LogP contribution in [0, 0.1) is 0 Å². The third-order valence-electron chi connectivity index (χ3n) is 2.63. The van der Waals surface area contributed by atoms with Crippen LogP contribution in [0.5, 0.6) is 0 Å².